The zero-order valence-electron chi connectivity index (χ0n) is 19.8. The van der Waals surface area contributed by atoms with Crippen LogP contribution in [-0.2, 0) is 18.6 Å². The van der Waals surface area contributed by atoms with Crippen molar-refractivity contribution in [3.8, 4) is 0 Å². The molecule has 0 heterocycles. The summed E-state index contributed by atoms with van der Waals surface area (Å²) < 4.78 is 3.78. The van der Waals surface area contributed by atoms with E-state index in [1.807, 2.05) is 6.56 Å². The van der Waals surface area contributed by atoms with Gasteiger partial charge in [0.2, 0.25) is 0 Å². The van der Waals surface area contributed by atoms with Gasteiger partial charge >= 0.3 is 192 Å². The van der Waals surface area contributed by atoms with Crippen LogP contribution in [0.3, 0.4) is 0 Å². The number of hydrogen-bond donors (Lipinski definition) is 0. The summed E-state index contributed by atoms with van der Waals surface area (Å²) in [6.45, 7) is 9.75. The first kappa shape index (κ1) is 27.6. The molecule has 0 spiro atoms. The van der Waals surface area contributed by atoms with Crippen molar-refractivity contribution in [2.75, 3.05) is 0 Å². The van der Waals surface area contributed by atoms with Crippen molar-refractivity contribution in [1.29, 1.82) is 0 Å². The Labute approximate surface area is 215 Å². The molecule has 0 N–H and O–H groups in total. The number of allylic oxidation sites excluding steroid dienone is 8. The minimum atomic E-state index is -1.89. The molecule has 0 aliphatic heterocycles. The molecule has 2 atom stereocenters. The van der Waals surface area contributed by atoms with E-state index in [1.165, 1.54) is 22.3 Å². The normalized spacial score (nSPS) is 19.5. The summed E-state index contributed by atoms with van der Waals surface area (Å²) in [5.41, 5.74) is 8.99. The van der Waals surface area contributed by atoms with Crippen LogP contribution in [0.1, 0.15) is 38.8 Å². The maximum atomic E-state index is 2.65. The zero-order valence-corrected chi connectivity index (χ0v) is 25.9. The summed E-state index contributed by atoms with van der Waals surface area (Å²) in [5.74, 6) is 6.50. The predicted octanol–water partition coefficient (Wildman–Crippen LogP) is 1.88. The molecule has 0 fully saturated rings. The van der Waals surface area contributed by atoms with Crippen molar-refractivity contribution in [3.63, 3.8) is 0 Å². The van der Waals surface area contributed by atoms with Gasteiger partial charge in [-0.2, -0.15) is 0 Å². The maximum Gasteiger partial charge on any atom is -1.00 e. The summed E-state index contributed by atoms with van der Waals surface area (Å²) in [6.07, 6.45) is 5.12. The molecule has 2 aromatic carbocycles. The second-order valence-electron chi connectivity index (χ2n) is 8.92. The molecule has 0 radical (unpaired) electrons. The molecule has 4 rings (SSSR count). The molecule has 0 amide bonds. The molecule has 32 heavy (non-hydrogen) atoms. The van der Waals surface area contributed by atoms with Crippen LogP contribution in [0.4, 0.5) is 0 Å². The van der Waals surface area contributed by atoms with Crippen LogP contribution in [-0.4, -0.2) is 9.98 Å². The van der Waals surface area contributed by atoms with E-state index in [4.69, 9.17) is 0 Å². The summed E-state index contributed by atoms with van der Waals surface area (Å²) in [6, 6.07) is 22.1. The number of rotatable bonds is 4. The molecule has 166 valence electrons. The topological polar surface area (TPSA) is 0 Å². The Morgan fingerprint density at radius 3 is 1.28 bits per heavy atom. The van der Waals surface area contributed by atoms with Crippen molar-refractivity contribution in [1.82, 2.24) is 0 Å². The summed E-state index contributed by atoms with van der Waals surface area (Å²) >= 11 is -1.89. The minimum absolute atomic E-state index is 0. The first-order valence-corrected chi connectivity index (χ1v) is 25.1. The van der Waals surface area contributed by atoms with Crippen molar-refractivity contribution in [2.24, 2.45) is 11.8 Å². The summed E-state index contributed by atoms with van der Waals surface area (Å²) in [7, 11) is -1.08. The van der Waals surface area contributed by atoms with E-state index in [9.17, 15) is 0 Å². The summed E-state index contributed by atoms with van der Waals surface area (Å²) in [4.78, 5) is 0. The fourth-order valence-corrected chi connectivity index (χ4v) is 37.5. The molecular weight excluding hydrogens is 571 g/mol. The van der Waals surface area contributed by atoms with E-state index < -0.39 is 28.6 Å². The van der Waals surface area contributed by atoms with Gasteiger partial charge in [-0.1, -0.05) is 0 Å². The zero-order chi connectivity index (χ0) is 21.4. The predicted molar refractivity (Wildman–Crippen MR) is 130 cm³/mol. The van der Waals surface area contributed by atoms with Gasteiger partial charge in [0.1, 0.15) is 0 Å². The smallest absolute Gasteiger partial charge is 1.00 e. The Morgan fingerprint density at radius 1 is 0.625 bits per heavy atom. The molecule has 2 aromatic rings. The molecule has 4 heteroatoms. The first-order chi connectivity index (χ1) is 14.4. The third-order valence-corrected chi connectivity index (χ3v) is 34.9. The molecule has 0 saturated carbocycles. The van der Waals surface area contributed by atoms with Gasteiger partial charge in [0.05, 0.1) is 0 Å². The van der Waals surface area contributed by atoms with E-state index in [0.717, 1.165) is 0 Å². The summed E-state index contributed by atoms with van der Waals surface area (Å²) in [5, 5.41) is 0. The quantitative estimate of drug-likeness (QED) is 0.469. The third kappa shape index (κ3) is 5.22. The first-order valence-electron chi connectivity index (χ1n) is 11.0. The molecular formula is C28H32Cl2GeZr. The van der Waals surface area contributed by atoms with Crippen LogP contribution in [0.25, 0.3) is 11.1 Å². The van der Waals surface area contributed by atoms with Gasteiger partial charge in [-0.25, -0.2) is 0 Å². The number of halogens is 2. The Balaban J connectivity index is 0.00000181. The fraction of sp³-hybridized carbons (Fsp3) is 0.286. The average molecular weight is 603 g/mol. The average Bonchev–Trinajstić information content (AvgIpc) is 3.20. The van der Waals surface area contributed by atoms with Gasteiger partial charge in [0.15, 0.2) is 0 Å². The maximum absolute atomic E-state index is 2.65. The van der Waals surface area contributed by atoms with Crippen LogP contribution < -0.4 is 24.8 Å². The number of hydrogen-bond acceptors (Lipinski definition) is 0. The Hall–Kier alpha value is -0.594. The van der Waals surface area contributed by atoms with E-state index in [2.05, 4.69) is 112 Å². The molecule has 2 aliphatic carbocycles. The van der Waals surface area contributed by atoms with Crippen LogP contribution in [0.15, 0.2) is 90.5 Å². The van der Waals surface area contributed by atoms with Crippen molar-refractivity contribution < 1.29 is 43.4 Å². The molecule has 0 bridgehead atoms. The molecule has 0 aromatic heterocycles. The molecule has 0 nitrogen and oxygen atoms in total. The van der Waals surface area contributed by atoms with Crippen LogP contribution in [0, 0.1) is 11.8 Å². The van der Waals surface area contributed by atoms with Gasteiger partial charge in [0, 0.05) is 0 Å². The van der Waals surface area contributed by atoms with Crippen molar-refractivity contribution in [2.45, 2.75) is 39.2 Å². The van der Waals surface area contributed by atoms with E-state index in [-0.39, 0.29) is 24.8 Å². The van der Waals surface area contributed by atoms with Gasteiger partial charge in [0.25, 0.3) is 0 Å². The fourth-order valence-electron chi connectivity index (χ4n) is 5.26. The second kappa shape index (κ2) is 11.7. The minimum Gasteiger partial charge on any atom is -1.00 e. The van der Waals surface area contributed by atoms with Crippen molar-refractivity contribution in [3.05, 3.63) is 102 Å². The second-order valence-corrected chi connectivity index (χ2v) is 36.6. The standard InChI is InChI=1S/2C13H13.C2H6Ge.2ClH.Zr/c2*1-10-8-11(2)13(9-10)12-6-4-3-5-7-12;1-3-2;;;/h2*3-7,9-10H,1-2H3;1-2H3;2*1H;/q;;;;;+2/p-2. The van der Waals surface area contributed by atoms with Gasteiger partial charge < -0.3 is 24.8 Å². The Bertz CT molecular complexity index is 1050. The van der Waals surface area contributed by atoms with Crippen LogP contribution >= 0.6 is 0 Å². The Morgan fingerprint density at radius 2 is 0.969 bits per heavy atom. The number of benzene rings is 2. The van der Waals surface area contributed by atoms with Gasteiger partial charge in [-0.3, -0.25) is 0 Å². The van der Waals surface area contributed by atoms with Crippen LogP contribution in [0.5, 0.6) is 0 Å². The Kier molecular flexibility index (Phi) is 10.1. The van der Waals surface area contributed by atoms with Gasteiger partial charge in [-0.15, -0.1) is 0 Å². The monoisotopic (exact) mass is 602 g/mol. The van der Waals surface area contributed by atoms with E-state index in [1.54, 1.807) is 11.1 Å². The molecule has 2 unspecified atom stereocenters. The SMILES string of the molecule is CC1=[C]([Zr+2]([C]2=C(C)C(c3ccccc3)=CC2C)=[Ge]([CH3])[CH3])C(C)C=C1c1ccccc1.[Cl-].[Cl-]. The van der Waals surface area contributed by atoms with Crippen molar-refractivity contribution >= 4 is 21.1 Å². The van der Waals surface area contributed by atoms with Crippen LogP contribution in [0.2, 0.25) is 11.5 Å². The van der Waals surface area contributed by atoms with E-state index in [0.29, 0.717) is 11.8 Å². The largest absolute Gasteiger partial charge is 1.00 e. The third-order valence-electron chi connectivity index (χ3n) is 6.57. The molecule has 0 saturated heterocycles. The van der Waals surface area contributed by atoms with E-state index >= 15 is 0 Å². The van der Waals surface area contributed by atoms with Gasteiger partial charge in [-0.05, 0) is 0 Å². The molecule has 2 aliphatic rings.